The molecule has 0 atom stereocenters. The van der Waals surface area contributed by atoms with Crippen LogP contribution in [0.2, 0.25) is 5.02 Å². The Balaban J connectivity index is 1.95. The molecule has 5 nitrogen and oxygen atoms in total. The van der Waals surface area contributed by atoms with Gasteiger partial charge in [0.2, 0.25) is 0 Å². The van der Waals surface area contributed by atoms with Gasteiger partial charge in [-0.15, -0.1) is 11.3 Å². The molecule has 0 spiro atoms. The van der Waals surface area contributed by atoms with E-state index in [4.69, 9.17) is 16.3 Å². The van der Waals surface area contributed by atoms with Gasteiger partial charge in [-0.1, -0.05) is 35.4 Å². The van der Waals surface area contributed by atoms with E-state index in [0.717, 1.165) is 16.7 Å². The van der Waals surface area contributed by atoms with Gasteiger partial charge in [0.15, 0.2) is 0 Å². The molecule has 25 heavy (non-hydrogen) atoms. The van der Waals surface area contributed by atoms with Crippen molar-refractivity contribution in [3.05, 3.63) is 62.5 Å². The molecule has 0 saturated heterocycles. The highest BCUT2D eigenvalue weighted by Gasteiger charge is 2.15. The second-order valence-corrected chi connectivity index (χ2v) is 6.92. The van der Waals surface area contributed by atoms with E-state index in [1.54, 1.807) is 19.9 Å². The lowest BCUT2D eigenvalue weighted by molar-refractivity contribution is -0.139. The van der Waals surface area contributed by atoms with Crippen molar-refractivity contribution in [3.63, 3.8) is 0 Å². The third-order valence-corrected chi connectivity index (χ3v) is 4.62. The summed E-state index contributed by atoms with van der Waals surface area (Å²) in [7, 11) is 0. The Bertz CT molecular complexity index is 1030. The van der Waals surface area contributed by atoms with Gasteiger partial charge in [-0.25, -0.2) is 9.78 Å². The number of esters is 1. The summed E-state index contributed by atoms with van der Waals surface area (Å²) in [4.78, 5) is 31.7. The molecule has 2 heterocycles. The summed E-state index contributed by atoms with van der Waals surface area (Å²) >= 11 is 7.58. The Kier molecular flexibility index (Phi) is 5.01. The van der Waals surface area contributed by atoms with E-state index < -0.39 is 5.97 Å². The topological polar surface area (TPSA) is 72.0 Å². The minimum atomic E-state index is -0.467. The first kappa shape index (κ1) is 17.4. The number of nitrogens with zero attached hydrogens (tertiary/aromatic N) is 1. The van der Waals surface area contributed by atoms with Crippen molar-refractivity contribution >= 4 is 39.1 Å². The molecule has 0 aliphatic rings. The SMILES string of the molecule is CC(C)=CC(=O)OCc1nc2scc(-c3ccccc3Cl)c2c(=O)[nH]1. The molecule has 7 heteroatoms. The van der Waals surface area contributed by atoms with E-state index in [9.17, 15) is 9.59 Å². The molecule has 0 fully saturated rings. The summed E-state index contributed by atoms with van der Waals surface area (Å²) in [6, 6.07) is 7.34. The molecule has 0 bridgehead atoms. The second-order valence-electron chi connectivity index (χ2n) is 5.65. The van der Waals surface area contributed by atoms with E-state index in [0.29, 0.717) is 21.1 Å². The van der Waals surface area contributed by atoms with Crippen molar-refractivity contribution in [2.45, 2.75) is 20.5 Å². The van der Waals surface area contributed by atoms with E-state index in [2.05, 4.69) is 9.97 Å². The van der Waals surface area contributed by atoms with Gasteiger partial charge in [0.05, 0.1) is 5.39 Å². The number of fused-ring (bicyclic) bond motifs is 1. The number of aromatic nitrogens is 2. The van der Waals surface area contributed by atoms with Crippen LogP contribution >= 0.6 is 22.9 Å². The Hall–Kier alpha value is -2.44. The van der Waals surface area contributed by atoms with Crippen LogP contribution in [0.5, 0.6) is 0 Å². The van der Waals surface area contributed by atoms with Gasteiger partial charge in [0.1, 0.15) is 17.3 Å². The molecule has 3 rings (SSSR count). The van der Waals surface area contributed by atoms with Crippen molar-refractivity contribution in [1.29, 1.82) is 0 Å². The number of carbonyl (C=O) groups is 1. The quantitative estimate of drug-likeness (QED) is 0.545. The molecule has 2 aromatic heterocycles. The predicted octanol–water partition coefficient (Wildman–Crippen LogP) is 4.31. The Morgan fingerprint density at radius 3 is 2.80 bits per heavy atom. The van der Waals surface area contributed by atoms with Crippen molar-refractivity contribution in [2.24, 2.45) is 0 Å². The molecule has 0 unspecified atom stereocenters. The molecule has 0 aliphatic carbocycles. The molecule has 0 aliphatic heterocycles. The molecule has 1 aromatic carbocycles. The van der Waals surface area contributed by atoms with Crippen molar-refractivity contribution in [2.75, 3.05) is 0 Å². The molecule has 128 valence electrons. The lowest BCUT2D eigenvalue weighted by Crippen LogP contribution is -2.13. The summed E-state index contributed by atoms with van der Waals surface area (Å²) in [6.07, 6.45) is 1.39. The van der Waals surface area contributed by atoms with Gasteiger partial charge in [0, 0.05) is 27.6 Å². The minimum absolute atomic E-state index is 0.0902. The van der Waals surface area contributed by atoms with E-state index in [1.807, 2.05) is 23.6 Å². The van der Waals surface area contributed by atoms with E-state index in [-0.39, 0.29) is 12.2 Å². The van der Waals surface area contributed by atoms with Crippen LogP contribution in [0.1, 0.15) is 19.7 Å². The Morgan fingerprint density at radius 1 is 1.32 bits per heavy atom. The number of nitrogens with one attached hydrogen (secondary N) is 1. The zero-order valence-corrected chi connectivity index (χ0v) is 15.2. The molecule has 0 amide bonds. The zero-order valence-electron chi connectivity index (χ0n) is 13.6. The summed E-state index contributed by atoms with van der Waals surface area (Å²) in [6.45, 7) is 3.51. The molecule has 0 radical (unpaired) electrons. The fourth-order valence-electron chi connectivity index (χ4n) is 2.36. The number of thiophene rings is 1. The maximum absolute atomic E-state index is 12.5. The number of rotatable bonds is 4. The fraction of sp³-hybridized carbons (Fsp3) is 0.167. The number of hydrogen-bond acceptors (Lipinski definition) is 5. The van der Waals surface area contributed by atoms with Crippen LogP contribution < -0.4 is 5.56 Å². The van der Waals surface area contributed by atoms with Gasteiger partial charge >= 0.3 is 5.97 Å². The second kappa shape index (κ2) is 7.21. The average molecular weight is 375 g/mol. The number of allylic oxidation sites excluding steroid dienone is 1. The highest BCUT2D eigenvalue weighted by molar-refractivity contribution is 7.17. The van der Waals surface area contributed by atoms with Gasteiger partial charge in [-0.3, -0.25) is 4.79 Å². The number of aromatic amines is 1. The van der Waals surface area contributed by atoms with Crippen LogP contribution in [0.15, 0.2) is 46.1 Å². The standard InChI is InChI=1S/C18H15ClN2O3S/c1-10(2)7-15(22)24-8-14-20-17(23)16-12(9-25-18(16)21-14)11-5-3-4-6-13(11)19/h3-7,9H,8H2,1-2H3,(H,20,21,23). The average Bonchev–Trinajstić information content (AvgIpc) is 2.97. The summed E-state index contributed by atoms with van der Waals surface area (Å²) in [5.41, 5.74) is 2.08. The van der Waals surface area contributed by atoms with Crippen LogP contribution in [0.25, 0.3) is 21.3 Å². The maximum Gasteiger partial charge on any atom is 0.331 e. The van der Waals surface area contributed by atoms with Crippen LogP contribution in [0.4, 0.5) is 0 Å². The van der Waals surface area contributed by atoms with Crippen LogP contribution in [0, 0.1) is 0 Å². The predicted molar refractivity (Wildman–Crippen MR) is 99.9 cm³/mol. The third kappa shape index (κ3) is 3.81. The number of H-pyrrole nitrogens is 1. The van der Waals surface area contributed by atoms with E-state index >= 15 is 0 Å². The zero-order chi connectivity index (χ0) is 18.0. The molecule has 3 aromatic rings. The van der Waals surface area contributed by atoms with E-state index in [1.165, 1.54) is 17.4 Å². The number of carbonyl (C=O) groups excluding carboxylic acids is 1. The number of halogens is 1. The molecule has 1 N–H and O–H groups in total. The fourth-order valence-corrected chi connectivity index (χ4v) is 3.55. The molecular formula is C18H15ClN2O3S. The molecular weight excluding hydrogens is 360 g/mol. The number of ether oxygens (including phenoxy) is 1. The Labute approximate surface area is 152 Å². The molecule has 0 saturated carbocycles. The minimum Gasteiger partial charge on any atom is -0.454 e. The highest BCUT2D eigenvalue weighted by Crippen LogP contribution is 2.34. The van der Waals surface area contributed by atoms with Crippen LogP contribution in [0.3, 0.4) is 0 Å². The normalized spacial score (nSPS) is 10.7. The van der Waals surface area contributed by atoms with Crippen molar-refractivity contribution < 1.29 is 9.53 Å². The maximum atomic E-state index is 12.5. The first-order valence-electron chi connectivity index (χ1n) is 7.52. The van der Waals surface area contributed by atoms with Crippen LogP contribution in [-0.2, 0) is 16.1 Å². The number of hydrogen-bond donors (Lipinski definition) is 1. The lowest BCUT2D eigenvalue weighted by Gasteiger charge is -2.04. The van der Waals surface area contributed by atoms with Crippen molar-refractivity contribution in [1.82, 2.24) is 9.97 Å². The van der Waals surface area contributed by atoms with Crippen LogP contribution in [-0.4, -0.2) is 15.9 Å². The monoisotopic (exact) mass is 374 g/mol. The van der Waals surface area contributed by atoms with Gasteiger partial charge in [0.25, 0.3) is 5.56 Å². The van der Waals surface area contributed by atoms with Crippen molar-refractivity contribution in [3.8, 4) is 11.1 Å². The third-order valence-electron chi connectivity index (χ3n) is 3.41. The smallest absolute Gasteiger partial charge is 0.331 e. The first-order chi connectivity index (χ1) is 12.0. The Morgan fingerprint density at radius 2 is 2.08 bits per heavy atom. The highest BCUT2D eigenvalue weighted by atomic mass is 35.5. The number of benzene rings is 1. The van der Waals surface area contributed by atoms with Gasteiger partial charge < -0.3 is 9.72 Å². The summed E-state index contributed by atoms with van der Waals surface area (Å²) in [5, 5.41) is 2.91. The first-order valence-corrected chi connectivity index (χ1v) is 8.78. The summed E-state index contributed by atoms with van der Waals surface area (Å²) in [5.74, 6) is -0.161. The van der Waals surface area contributed by atoms with Gasteiger partial charge in [-0.2, -0.15) is 0 Å². The lowest BCUT2D eigenvalue weighted by atomic mass is 10.1. The van der Waals surface area contributed by atoms with Gasteiger partial charge in [-0.05, 0) is 19.9 Å². The largest absolute Gasteiger partial charge is 0.454 e. The summed E-state index contributed by atoms with van der Waals surface area (Å²) < 4.78 is 5.09.